The number of benzene rings is 1. The minimum absolute atomic E-state index is 0.0642. The summed E-state index contributed by atoms with van der Waals surface area (Å²) in [5, 5.41) is 11.2. The molecule has 0 aliphatic carbocycles. The van der Waals surface area contributed by atoms with Gasteiger partial charge in [-0.1, -0.05) is 30.3 Å². The van der Waals surface area contributed by atoms with Gasteiger partial charge in [0.2, 0.25) is 0 Å². The average molecular weight is 304 g/mol. The largest absolute Gasteiger partial charge is 0.457 e. The van der Waals surface area contributed by atoms with Crippen LogP contribution in [0.25, 0.3) is 17.4 Å². The molecule has 0 spiro atoms. The molecule has 1 N–H and O–H groups in total. The summed E-state index contributed by atoms with van der Waals surface area (Å²) >= 11 is 0. The SMILES string of the molecule is CC1=C(C#N)C(=O)NC(=O)C1=Cc1ccc(-c2ccccc2)o1. The fourth-order valence-corrected chi connectivity index (χ4v) is 2.35. The molecule has 5 nitrogen and oxygen atoms in total. The predicted molar refractivity (Wildman–Crippen MR) is 83.6 cm³/mol. The molecule has 1 aliphatic heterocycles. The maximum atomic E-state index is 12.0. The highest BCUT2D eigenvalue weighted by molar-refractivity contribution is 6.19. The van der Waals surface area contributed by atoms with Gasteiger partial charge in [0, 0.05) is 11.1 Å². The Labute approximate surface area is 132 Å². The number of carbonyl (C=O) groups excluding carboxylic acids is 2. The van der Waals surface area contributed by atoms with Crippen LogP contribution in [0.5, 0.6) is 0 Å². The van der Waals surface area contributed by atoms with Crippen LogP contribution in [-0.2, 0) is 9.59 Å². The van der Waals surface area contributed by atoms with E-state index in [0.29, 0.717) is 17.1 Å². The molecule has 1 aliphatic rings. The lowest BCUT2D eigenvalue weighted by atomic mass is 9.96. The smallest absolute Gasteiger partial charge is 0.269 e. The van der Waals surface area contributed by atoms with Gasteiger partial charge in [0.1, 0.15) is 23.2 Å². The second-order valence-corrected chi connectivity index (χ2v) is 5.02. The van der Waals surface area contributed by atoms with Gasteiger partial charge >= 0.3 is 0 Å². The second-order valence-electron chi connectivity index (χ2n) is 5.02. The van der Waals surface area contributed by atoms with Crippen LogP contribution in [0, 0.1) is 11.3 Å². The van der Waals surface area contributed by atoms with Crippen LogP contribution in [0.3, 0.4) is 0 Å². The summed E-state index contributed by atoms with van der Waals surface area (Å²) in [5.74, 6) is -0.0624. The number of rotatable bonds is 2. The fraction of sp³-hybridized carbons (Fsp3) is 0.0556. The Morgan fingerprint density at radius 3 is 2.52 bits per heavy atom. The molecule has 2 aromatic rings. The van der Waals surface area contributed by atoms with E-state index in [1.165, 1.54) is 6.08 Å². The van der Waals surface area contributed by atoms with E-state index in [4.69, 9.17) is 9.68 Å². The standard InChI is InChI=1S/C18H12N2O3/c1-11-14(17(21)20-18(22)15(11)10-19)9-13-7-8-16(23-13)12-5-3-2-4-6-12/h2-9H,1H3,(H,20,21,22). The van der Waals surface area contributed by atoms with Gasteiger partial charge in [-0.05, 0) is 30.7 Å². The van der Waals surface area contributed by atoms with Crippen molar-refractivity contribution in [2.45, 2.75) is 6.92 Å². The van der Waals surface area contributed by atoms with Crippen molar-refractivity contribution in [1.29, 1.82) is 5.26 Å². The van der Waals surface area contributed by atoms with Gasteiger partial charge in [-0.3, -0.25) is 14.9 Å². The highest BCUT2D eigenvalue weighted by Crippen LogP contribution is 2.26. The van der Waals surface area contributed by atoms with Crippen molar-refractivity contribution in [3.05, 3.63) is 64.9 Å². The van der Waals surface area contributed by atoms with Crippen molar-refractivity contribution in [1.82, 2.24) is 5.32 Å². The summed E-state index contributed by atoms with van der Waals surface area (Å²) in [6.07, 6.45) is 1.53. The number of furan rings is 1. The molecule has 3 rings (SSSR count). The number of hydrogen-bond acceptors (Lipinski definition) is 4. The molecular weight excluding hydrogens is 292 g/mol. The molecule has 0 atom stereocenters. The Kier molecular flexibility index (Phi) is 3.65. The molecule has 0 bridgehead atoms. The Bertz CT molecular complexity index is 896. The first-order valence-electron chi connectivity index (χ1n) is 6.94. The normalized spacial score (nSPS) is 16.4. The number of nitrogens with one attached hydrogen (secondary N) is 1. The minimum Gasteiger partial charge on any atom is -0.457 e. The van der Waals surface area contributed by atoms with Gasteiger partial charge in [-0.15, -0.1) is 0 Å². The molecule has 5 heteroatoms. The molecule has 1 aromatic carbocycles. The minimum atomic E-state index is -0.670. The van der Waals surface area contributed by atoms with Gasteiger partial charge in [0.05, 0.1) is 0 Å². The molecule has 1 aromatic heterocycles. The maximum Gasteiger partial charge on any atom is 0.269 e. The Balaban J connectivity index is 2.01. The van der Waals surface area contributed by atoms with Crippen LogP contribution in [0.2, 0.25) is 0 Å². The topological polar surface area (TPSA) is 83.1 Å². The lowest BCUT2D eigenvalue weighted by molar-refractivity contribution is -0.126. The highest BCUT2D eigenvalue weighted by Gasteiger charge is 2.27. The van der Waals surface area contributed by atoms with E-state index in [2.05, 4.69) is 5.32 Å². The zero-order valence-corrected chi connectivity index (χ0v) is 12.3. The summed E-state index contributed by atoms with van der Waals surface area (Å²) < 4.78 is 5.72. The van der Waals surface area contributed by atoms with Crippen molar-refractivity contribution >= 4 is 17.9 Å². The van der Waals surface area contributed by atoms with Crippen molar-refractivity contribution in [3.8, 4) is 17.4 Å². The van der Waals surface area contributed by atoms with Crippen LogP contribution < -0.4 is 5.32 Å². The van der Waals surface area contributed by atoms with Crippen LogP contribution >= 0.6 is 0 Å². The average Bonchev–Trinajstić information content (AvgIpc) is 3.01. The molecular formula is C18H12N2O3. The van der Waals surface area contributed by atoms with Gasteiger partial charge < -0.3 is 4.42 Å². The van der Waals surface area contributed by atoms with E-state index in [-0.39, 0.29) is 11.1 Å². The summed E-state index contributed by atoms with van der Waals surface area (Å²) in [6, 6.07) is 14.9. The summed E-state index contributed by atoms with van der Waals surface area (Å²) in [4.78, 5) is 23.5. The number of hydrogen-bond donors (Lipinski definition) is 1. The van der Waals surface area contributed by atoms with E-state index in [1.807, 2.05) is 36.4 Å². The number of imide groups is 1. The van der Waals surface area contributed by atoms with E-state index < -0.39 is 11.8 Å². The molecule has 0 unspecified atom stereocenters. The molecule has 112 valence electrons. The van der Waals surface area contributed by atoms with Gasteiger partial charge in [-0.25, -0.2) is 0 Å². The number of amides is 2. The first-order chi connectivity index (χ1) is 11.1. The first-order valence-corrected chi connectivity index (χ1v) is 6.94. The quantitative estimate of drug-likeness (QED) is 0.683. The monoisotopic (exact) mass is 304 g/mol. The van der Waals surface area contributed by atoms with Gasteiger partial charge in [-0.2, -0.15) is 5.26 Å². The van der Waals surface area contributed by atoms with E-state index >= 15 is 0 Å². The fourth-order valence-electron chi connectivity index (χ4n) is 2.35. The number of nitriles is 1. The van der Waals surface area contributed by atoms with Crippen LogP contribution in [0.4, 0.5) is 0 Å². The zero-order valence-electron chi connectivity index (χ0n) is 12.3. The Morgan fingerprint density at radius 2 is 1.83 bits per heavy atom. The zero-order chi connectivity index (χ0) is 16.4. The first kappa shape index (κ1) is 14.5. The number of carbonyl (C=O) groups is 2. The highest BCUT2D eigenvalue weighted by atomic mass is 16.3. The molecule has 2 amide bonds. The molecule has 0 radical (unpaired) electrons. The van der Waals surface area contributed by atoms with Crippen LogP contribution in [0.1, 0.15) is 12.7 Å². The Morgan fingerprint density at radius 1 is 1.09 bits per heavy atom. The number of nitrogens with zero attached hydrogens (tertiary/aromatic N) is 1. The molecule has 23 heavy (non-hydrogen) atoms. The van der Waals surface area contributed by atoms with E-state index in [9.17, 15) is 9.59 Å². The van der Waals surface area contributed by atoms with Crippen molar-refractivity contribution in [2.24, 2.45) is 0 Å². The third-order valence-corrected chi connectivity index (χ3v) is 3.56. The molecule has 0 saturated carbocycles. The maximum absolute atomic E-state index is 12.0. The third-order valence-electron chi connectivity index (χ3n) is 3.56. The molecule has 0 saturated heterocycles. The lowest BCUT2D eigenvalue weighted by Gasteiger charge is -2.15. The second kappa shape index (κ2) is 5.78. The Hall–Kier alpha value is -3.39. The summed E-state index contributed by atoms with van der Waals surface area (Å²) in [5.41, 5.74) is 1.45. The van der Waals surface area contributed by atoms with E-state index in [0.717, 1.165) is 5.56 Å². The van der Waals surface area contributed by atoms with Crippen molar-refractivity contribution in [3.63, 3.8) is 0 Å². The van der Waals surface area contributed by atoms with Gasteiger partial charge in [0.15, 0.2) is 0 Å². The summed E-state index contributed by atoms with van der Waals surface area (Å²) in [6.45, 7) is 1.57. The predicted octanol–water partition coefficient (Wildman–Crippen LogP) is 2.83. The van der Waals surface area contributed by atoms with Crippen LogP contribution in [-0.4, -0.2) is 11.8 Å². The van der Waals surface area contributed by atoms with Crippen LogP contribution in [0.15, 0.2) is 63.6 Å². The molecule has 2 heterocycles. The van der Waals surface area contributed by atoms with E-state index in [1.54, 1.807) is 19.1 Å². The molecule has 0 fully saturated rings. The summed E-state index contributed by atoms with van der Waals surface area (Å²) in [7, 11) is 0. The van der Waals surface area contributed by atoms with Crippen molar-refractivity contribution in [2.75, 3.05) is 0 Å². The third kappa shape index (κ3) is 2.70. The van der Waals surface area contributed by atoms with Gasteiger partial charge in [0.25, 0.3) is 11.8 Å². The lowest BCUT2D eigenvalue weighted by Crippen LogP contribution is -2.37. The van der Waals surface area contributed by atoms with Crippen molar-refractivity contribution < 1.29 is 14.0 Å².